The minimum Gasteiger partial charge on any atom is -0.456 e. The molecule has 9 rings (SSSR count). The average Bonchev–Trinajstić information content (AvgIpc) is 3.12. The molecular weight excluding hydrogens is 552 g/mol. The third-order valence-corrected chi connectivity index (χ3v) is 8.34. The number of ether oxygens (including phenoxy) is 1. The van der Waals surface area contributed by atoms with Gasteiger partial charge in [0.25, 0.3) is 0 Å². The Hall–Kier alpha value is -6.20. The van der Waals surface area contributed by atoms with Crippen LogP contribution >= 0.6 is 0 Å². The van der Waals surface area contributed by atoms with E-state index in [9.17, 15) is 0 Å². The largest absolute Gasteiger partial charge is 0.456 e. The Bertz CT molecular complexity index is 2350. The number of aromatic nitrogens is 4. The highest BCUT2D eigenvalue weighted by molar-refractivity contribution is 6.09. The van der Waals surface area contributed by atoms with Gasteiger partial charge >= 0.3 is 0 Å². The number of fused-ring (bicyclic) bond motifs is 3. The summed E-state index contributed by atoms with van der Waals surface area (Å²) in [5.74, 6) is 2.42. The van der Waals surface area contributed by atoms with Gasteiger partial charge in [0.15, 0.2) is 5.82 Å². The van der Waals surface area contributed by atoms with Gasteiger partial charge in [0.1, 0.15) is 11.5 Å². The number of rotatable bonds is 4. The van der Waals surface area contributed by atoms with Gasteiger partial charge in [-0.25, -0.2) is 15.0 Å². The molecule has 0 unspecified atom stereocenters. The summed E-state index contributed by atoms with van der Waals surface area (Å²) >= 11 is 0. The number of nitrogens with zero attached hydrogens (tertiary/aromatic N) is 4. The van der Waals surface area contributed by atoms with Gasteiger partial charge < -0.3 is 4.74 Å². The highest BCUT2D eigenvalue weighted by atomic mass is 16.5. The molecule has 1 aliphatic heterocycles. The Morgan fingerprint density at radius 2 is 1.16 bits per heavy atom. The molecule has 5 nitrogen and oxygen atoms in total. The van der Waals surface area contributed by atoms with Crippen molar-refractivity contribution in [2.24, 2.45) is 0 Å². The maximum Gasteiger partial charge on any atom is 0.160 e. The average molecular weight is 577 g/mol. The molecule has 0 radical (unpaired) electrons. The fraction of sp³-hybridized carbons (Fsp3) is 0. The molecule has 0 N–H and O–H groups in total. The molecule has 210 valence electrons. The summed E-state index contributed by atoms with van der Waals surface area (Å²) in [6.07, 6.45) is 1.86. The van der Waals surface area contributed by atoms with Crippen molar-refractivity contribution in [3.8, 4) is 67.8 Å². The van der Waals surface area contributed by atoms with E-state index in [-0.39, 0.29) is 0 Å². The number of para-hydroxylation sites is 1. The summed E-state index contributed by atoms with van der Waals surface area (Å²) < 4.78 is 6.29. The third kappa shape index (κ3) is 4.33. The van der Waals surface area contributed by atoms with Gasteiger partial charge in [-0.15, -0.1) is 0 Å². The lowest BCUT2D eigenvalue weighted by molar-refractivity contribution is 0.487. The van der Waals surface area contributed by atoms with Gasteiger partial charge in [-0.1, -0.05) is 103 Å². The third-order valence-electron chi connectivity index (χ3n) is 8.34. The molecule has 0 amide bonds. The van der Waals surface area contributed by atoms with Crippen LogP contribution in [0.3, 0.4) is 0 Å². The standard InChI is InChI=1S/C40H24N4O/c1-3-10-25(11-4-1)33-23-34(44-40(43-33)26-12-5-2-6-13-26)27-18-20-32-35(22-27)41-24-36(42-32)28-19-21-38-39-30(28)15-9-16-31(39)29-14-7-8-17-37(29)45-38/h1-24H. The normalized spacial score (nSPS) is 11.7. The molecule has 0 saturated heterocycles. The lowest BCUT2D eigenvalue weighted by Crippen LogP contribution is -1.98. The maximum atomic E-state index is 6.29. The van der Waals surface area contributed by atoms with E-state index in [2.05, 4.69) is 54.6 Å². The van der Waals surface area contributed by atoms with Crippen LogP contribution in [0.4, 0.5) is 0 Å². The summed E-state index contributed by atoms with van der Waals surface area (Å²) in [5, 5.41) is 2.19. The molecule has 0 atom stereocenters. The minimum atomic E-state index is 0.683. The number of benzene rings is 6. The van der Waals surface area contributed by atoms with Crippen molar-refractivity contribution >= 4 is 21.8 Å². The zero-order chi connectivity index (χ0) is 29.7. The van der Waals surface area contributed by atoms with Gasteiger partial charge in [0, 0.05) is 33.2 Å². The summed E-state index contributed by atoms with van der Waals surface area (Å²) in [6, 6.07) is 47.2. The minimum absolute atomic E-state index is 0.683. The van der Waals surface area contributed by atoms with Gasteiger partial charge in [0.05, 0.1) is 34.3 Å². The predicted octanol–water partition coefficient (Wildman–Crippen LogP) is 10.0. The van der Waals surface area contributed by atoms with E-state index in [4.69, 9.17) is 24.7 Å². The van der Waals surface area contributed by atoms with Crippen LogP contribution in [0.2, 0.25) is 0 Å². The van der Waals surface area contributed by atoms with E-state index < -0.39 is 0 Å². The Balaban J connectivity index is 1.14. The van der Waals surface area contributed by atoms with Crippen molar-refractivity contribution in [2.45, 2.75) is 0 Å². The quantitative estimate of drug-likeness (QED) is 0.209. The smallest absolute Gasteiger partial charge is 0.160 e. The molecule has 45 heavy (non-hydrogen) atoms. The molecule has 6 aromatic carbocycles. The van der Waals surface area contributed by atoms with Gasteiger partial charge in [-0.3, -0.25) is 4.98 Å². The Morgan fingerprint density at radius 1 is 0.422 bits per heavy atom. The maximum absolute atomic E-state index is 6.29. The lowest BCUT2D eigenvalue weighted by atomic mass is 9.92. The van der Waals surface area contributed by atoms with E-state index in [0.717, 1.165) is 78.2 Å². The first-order valence-corrected chi connectivity index (χ1v) is 14.9. The second kappa shape index (κ2) is 10.2. The molecular formula is C40H24N4O. The topological polar surface area (TPSA) is 60.8 Å². The Kier molecular flexibility index (Phi) is 5.74. The van der Waals surface area contributed by atoms with E-state index >= 15 is 0 Å². The molecule has 0 aliphatic carbocycles. The van der Waals surface area contributed by atoms with Crippen LogP contribution in [0.1, 0.15) is 0 Å². The van der Waals surface area contributed by atoms with Crippen LogP contribution in [0.15, 0.2) is 146 Å². The zero-order valence-corrected chi connectivity index (χ0v) is 24.1. The SMILES string of the molecule is c1ccc(-c2cc(-c3ccc4nc(-c5ccc6c7c(cccc57)-c5ccccc5O6)cnc4c3)nc(-c3ccccc3)n2)cc1. The molecule has 0 fully saturated rings. The van der Waals surface area contributed by atoms with Crippen molar-refractivity contribution in [2.75, 3.05) is 0 Å². The highest BCUT2D eigenvalue weighted by Crippen LogP contribution is 2.48. The number of hydrogen-bond donors (Lipinski definition) is 0. The first-order chi connectivity index (χ1) is 22.3. The van der Waals surface area contributed by atoms with Crippen molar-refractivity contribution < 1.29 is 4.74 Å². The van der Waals surface area contributed by atoms with Crippen LogP contribution in [-0.4, -0.2) is 19.9 Å². The molecule has 2 aromatic heterocycles. The van der Waals surface area contributed by atoms with Crippen LogP contribution in [-0.2, 0) is 0 Å². The van der Waals surface area contributed by atoms with E-state index in [0.29, 0.717) is 5.82 Å². The summed E-state index contributed by atoms with van der Waals surface area (Å²) in [6.45, 7) is 0. The van der Waals surface area contributed by atoms with Gasteiger partial charge in [-0.05, 0) is 47.3 Å². The Labute approximate surface area is 259 Å². The summed E-state index contributed by atoms with van der Waals surface area (Å²) in [5.41, 5.74) is 10.4. The molecule has 0 bridgehead atoms. The number of hydrogen-bond acceptors (Lipinski definition) is 5. The van der Waals surface area contributed by atoms with E-state index in [1.54, 1.807) is 0 Å². The lowest BCUT2D eigenvalue weighted by Gasteiger charge is -2.22. The summed E-state index contributed by atoms with van der Waals surface area (Å²) in [4.78, 5) is 19.9. The Morgan fingerprint density at radius 3 is 2.00 bits per heavy atom. The van der Waals surface area contributed by atoms with Gasteiger partial charge in [-0.2, -0.15) is 0 Å². The van der Waals surface area contributed by atoms with Crippen LogP contribution in [0.5, 0.6) is 11.5 Å². The fourth-order valence-electron chi connectivity index (χ4n) is 6.17. The van der Waals surface area contributed by atoms with Crippen molar-refractivity contribution in [1.82, 2.24) is 19.9 Å². The first-order valence-electron chi connectivity index (χ1n) is 14.9. The van der Waals surface area contributed by atoms with Crippen molar-refractivity contribution in [3.05, 3.63) is 146 Å². The van der Waals surface area contributed by atoms with Crippen LogP contribution in [0, 0.1) is 0 Å². The first kappa shape index (κ1) is 25.3. The fourth-order valence-corrected chi connectivity index (χ4v) is 6.17. The van der Waals surface area contributed by atoms with Crippen molar-refractivity contribution in [3.63, 3.8) is 0 Å². The summed E-state index contributed by atoms with van der Waals surface area (Å²) in [7, 11) is 0. The van der Waals surface area contributed by atoms with E-state index in [1.807, 2.05) is 91.1 Å². The van der Waals surface area contributed by atoms with Crippen LogP contribution < -0.4 is 4.74 Å². The second-order valence-corrected chi connectivity index (χ2v) is 11.1. The molecule has 0 saturated carbocycles. The molecule has 1 aliphatic rings. The van der Waals surface area contributed by atoms with Crippen molar-refractivity contribution in [1.29, 1.82) is 0 Å². The monoisotopic (exact) mass is 576 g/mol. The second-order valence-electron chi connectivity index (χ2n) is 11.1. The predicted molar refractivity (Wildman–Crippen MR) is 180 cm³/mol. The molecule has 0 spiro atoms. The molecule has 8 aromatic rings. The zero-order valence-electron chi connectivity index (χ0n) is 24.1. The van der Waals surface area contributed by atoms with E-state index in [1.165, 1.54) is 5.56 Å². The highest BCUT2D eigenvalue weighted by Gasteiger charge is 2.21. The molecule has 5 heteroatoms. The van der Waals surface area contributed by atoms with Gasteiger partial charge in [0.2, 0.25) is 0 Å². The molecule has 3 heterocycles. The van der Waals surface area contributed by atoms with Crippen LogP contribution in [0.25, 0.3) is 78.1 Å².